The van der Waals surface area contributed by atoms with Gasteiger partial charge in [0, 0.05) is 0 Å². The highest BCUT2D eigenvalue weighted by Crippen LogP contribution is 2.38. The molecule has 0 bridgehead atoms. The normalized spacial score (nSPS) is 13.1. The second kappa shape index (κ2) is 6.83. The van der Waals surface area contributed by atoms with Crippen LogP contribution in [0.4, 0.5) is 0 Å². The molecule has 0 aromatic heterocycles. The molecule has 7 heteroatoms. The van der Waals surface area contributed by atoms with Gasteiger partial charge in [0.15, 0.2) is 0 Å². The van der Waals surface area contributed by atoms with Crippen LogP contribution in [0, 0.1) is 0 Å². The lowest BCUT2D eigenvalue weighted by atomic mass is 10.2. The molecule has 0 rings (SSSR count). The van der Waals surface area contributed by atoms with E-state index in [4.69, 9.17) is 4.55 Å². The second-order valence-electron chi connectivity index (χ2n) is 3.07. The van der Waals surface area contributed by atoms with E-state index in [-0.39, 0.29) is 7.90 Å². The predicted octanol–water partition coefficient (Wildman–Crippen LogP) is 3.66. The van der Waals surface area contributed by atoms with E-state index >= 15 is 0 Å². The van der Waals surface area contributed by atoms with Crippen LogP contribution in [0.1, 0.15) is 32.1 Å². The molecule has 0 unspecified atom stereocenters. The molecule has 3 nitrogen and oxygen atoms in total. The van der Waals surface area contributed by atoms with Crippen molar-refractivity contribution in [3.8, 4) is 0 Å². The number of halogens is 3. The summed E-state index contributed by atoms with van der Waals surface area (Å²) in [6, 6.07) is 0. The van der Waals surface area contributed by atoms with Gasteiger partial charge in [0.25, 0.3) is 10.1 Å². The van der Waals surface area contributed by atoms with Crippen LogP contribution in [0.25, 0.3) is 0 Å². The topological polar surface area (TPSA) is 54.4 Å². The Bertz CT molecular complexity index is 245. The zero-order valence-electron chi connectivity index (χ0n) is 7.55. The van der Waals surface area contributed by atoms with Gasteiger partial charge in [0.1, 0.15) is 2.14 Å². The molecule has 0 amide bonds. The Labute approximate surface area is 110 Å². The standard InChI is InChI=1S/C7H13Br3O3S/c8-7(9,10)5-3-1-2-4-6-14(11,12)13/h1-6H2,(H,11,12,13). The highest BCUT2D eigenvalue weighted by molar-refractivity contribution is 9.39. The summed E-state index contributed by atoms with van der Waals surface area (Å²) in [5, 5.41) is 0. The highest BCUT2D eigenvalue weighted by Gasteiger charge is 2.16. The largest absolute Gasteiger partial charge is 0.286 e. The minimum atomic E-state index is -3.77. The van der Waals surface area contributed by atoms with Crippen molar-refractivity contribution in [2.45, 2.75) is 34.2 Å². The highest BCUT2D eigenvalue weighted by atomic mass is 80.0. The molecular weight excluding hydrogens is 404 g/mol. The summed E-state index contributed by atoms with van der Waals surface area (Å²) >= 11 is 10.1. The van der Waals surface area contributed by atoms with Crippen LogP contribution in [-0.4, -0.2) is 20.9 Å². The summed E-state index contributed by atoms with van der Waals surface area (Å²) in [6.07, 6.45) is 4.22. The van der Waals surface area contributed by atoms with Gasteiger partial charge < -0.3 is 0 Å². The van der Waals surface area contributed by atoms with Crippen LogP contribution in [-0.2, 0) is 10.1 Å². The molecule has 0 aromatic carbocycles. The lowest BCUT2D eigenvalue weighted by Crippen LogP contribution is -2.03. The Hall–Kier alpha value is 1.35. The van der Waals surface area contributed by atoms with Gasteiger partial charge in [-0.15, -0.1) is 0 Å². The lowest BCUT2D eigenvalue weighted by molar-refractivity contribution is 0.479. The molecule has 0 spiro atoms. The monoisotopic (exact) mass is 414 g/mol. The molecule has 0 aliphatic heterocycles. The van der Waals surface area contributed by atoms with E-state index in [1.54, 1.807) is 0 Å². The molecule has 0 aliphatic carbocycles. The first-order valence-electron chi connectivity index (χ1n) is 4.23. The van der Waals surface area contributed by atoms with Crippen LogP contribution in [0.2, 0.25) is 0 Å². The van der Waals surface area contributed by atoms with E-state index < -0.39 is 10.1 Å². The SMILES string of the molecule is O=S(=O)(O)CCCCCCC(Br)(Br)Br. The third-order valence-electron chi connectivity index (χ3n) is 1.61. The Morgan fingerprint density at radius 1 is 1.00 bits per heavy atom. The van der Waals surface area contributed by atoms with Gasteiger partial charge >= 0.3 is 0 Å². The molecule has 0 saturated heterocycles. The summed E-state index contributed by atoms with van der Waals surface area (Å²) in [5.41, 5.74) is 0. The third kappa shape index (κ3) is 13.4. The van der Waals surface area contributed by atoms with E-state index in [2.05, 4.69) is 47.8 Å². The molecule has 14 heavy (non-hydrogen) atoms. The van der Waals surface area contributed by atoms with Crippen LogP contribution in [0.5, 0.6) is 0 Å². The van der Waals surface area contributed by atoms with Gasteiger partial charge in [-0.05, 0) is 12.8 Å². The van der Waals surface area contributed by atoms with Crippen molar-refractivity contribution < 1.29 is 13.0 Å². The molecule has 0 aromatic rings. The van der Waals surface area contributed by atoms with Crippen LogP contribution >= 0.6 is 47.8 Å². The number of hydrogen-bond acceptors (Lipinski definition) is 2. The quantitative estimate of drug-likeness (QED) is 0.408. The number of alkyl halides is 3. The fraction of sp³-hybridized carbons (Fsp3) is 1.00. The minimum absolute atomic E-state index is 0.130. The van der Waals surface area contributed by atoms with Crippen molar-refractivity contribution in [3.05, 3.63) is 0 Å². The van der Waals surface area contributed by atoms with Gasteiger partial charge in [-0.2, -0.15) is 8.42 Å². The van der Waals surface area contributed by atoms with E-state index in [0.717, 1.165) is 25.7 Å². The molecule has 0 heterocycles. The smallest absolute Gasteiger partial charge is 0.264 e. The van der Waals surface area contributed by atoms with Crippen molar-refractivity contribution in [1.82, 2.24) is 0 Å². The third-order valence-corrected chi connectivity index (χ3v) is 3.61. The summed E-state index contributed by atoms with van der Waals surface area (Å²) in [6.45, 7) is 0. The van der Waals surface area contributed by atoms with Crippen molar-refractivity contribution in [2.24, 2.45) is 0 Å². The molecule has 0 aliphatic rings. The van der Waals surface area contributed by atoms with Gasteiger partial charge in [-0.25, -0.2) is 0 Å². The summed E-state index contributed by atoms with van der Waals surface area (Å²) in [7, 11) is -3.77. The predicted molar refractivity (Wildman–Crippen MR) is 69.0 cm³/mol. The van der Waals surface area contributed by atoms with Gasteiger partial charge in [-0.1, -0.05) is 67.1 Å². The first-order chi connectivity index (χ1) is 6.21. The number of unbranched alkanes of at least 4 members (excludes halogenated alkanes) is 3. The molecule has 0 saturated carbocycles. The Kier molecular flexibility index (Phi) is 7.49. The van der Waals surface area contributed by atoms with E-state index in [1.807, 2.05) is 0 Å². The maximum Gasteiger partial charge on any atom is 0.264 e. The summed E-state index contributed by atoms with van der Waals surface area (Å²) < 4.78 is 29.0. The van der Waals surface area contributed by atoms with E-state index in [1.165, 1.54) is 0 Å². The van der Waals surface area contributed by atoms with Crippen LogP contribution in [0.3, 0.4) is 0 Å². The maximum atomic E-state index is 10.4. The van der Waals surface area contributed by atoms with Crippen LogP contribution < -0.4 is 0 Å². The van der Waals surface area contributed by atoms with Crippen molar-refractivity contribution >= 4 is 57.9 Å². The van der Waals surface area contributed by atoms with Gasteiger partial charge in [0.2, 0.25) is 0 Å². The fourth-order valence-electron chi connectivity index (χ4n) is 0.963. The first kappa shape index (κ1) is 15.3. The first-order valence-corrected chi connectivity index (χ1v) is 8.21. The summed E-state index contributed by atoms with van der Waals surface area (Å²) in [5.74, 6) is -0.130. The van der Waals surface area contributed by atoms with Crippen molar-refractivity contribution in [2.75, 3.05) is 5.75 Å². The van der Waals surface area contributed by atoms with Gasteiger partial charge in [0.05, 0.1) is 5.75 Å². The molecule has 86 valence electrons. The Morgan fingerprint density at radius 3 is 1.93 bits per heavy atom. The van der Waals surface area contributed by atoms with Crippen LogP contribution in [0.15, 0.2) is 0 Å². The number of hydrogen-bond donors (Lipinski definition) is 1. The fourth-order valence-corrected chi connectivity index (χ4v) is 2.37. The molecule has 0 radical (unpaired) electrons. The average molecular weight is 417 g/mol. The molecule has 0 atom stereocenters. The second-order valence-corrected chi connectivity index (χ2v) is 11.9. The minimum Gasteiger partial charge on any atom is -0.286 e. The Balaban J connectivity index is 3.32. The zero-order valence-corrected chi connectivity index (χ0v) is 13.1. The van der Waals surface area contributed by atoms with Gasteiger partial charge in [-0.3, -0.25) is 4.55 Å². The van der Waals surface area contributed by atoms with E-state index in [9.17, 15) is 8.42 Å². The molecule has 1 N–H and O–H groups in total. The average Bonchev–Trinajstić information content (AvgIpc) is 1.92. The Morgan fingerprint density at radius 2 is 1.50 bits per heavy atom. The number of rotatable bonds is 6. The maximum absolute atomic E-state index is 10.4. The zero-order chi connectivity index (χ0) is 11.2. The molecule has 0 fully saturated rings. The van der Waals surface area contributed by atoms with Crippen molar-refractivity contribution in [1.29, 1.82) is 0 Å². The van der Waals surface area contributed by atoms with E-state index in [0.29, 0.717) is 6.42 Å². The van der Waals surface area contributed by atoms with Crippen molar-refractivity contribution in [3.63, 3.8) is 0 Å². The molecular formula is C7H13Br3O3S. The summed E-state index contributed by atoms with van der Waals surface area (Å²) in [4.78, 5) is 0. The lowest BCUT2D eigenvalue weighted by Gasteiger charge is -2.10.